The fourth-order valence-electron chi connectivity index (χ4n) is 2.03. The van der Waals surface area contributed by atoms with E-state index < -0.39 is 18.3 Å². The number of halogens is 1. The van der Waals surface area contributed by atoms with Crippen LogP contribution in [0.2, 0.25) is 5.02 Å². The molecule has 2 rings (SSSR count). The summed E-state index contributed by atoms with van der Waals surface area (Å²) >= 11 is 10.5. The Morgan fingerprint density at radius 3 is 2.38 bits per heavy atom. The zero-order valence-electron chi connectivity index (χ0n) is 12.7. The van der Waals surface area contributed by atoms with Crippen LogP contribution in [0.25, 0.3) is 6.08 Å². The molecule has 1 aliphatic rings. The summed E-state index contributed by atoms with van der Waals surface area (Å²) in [5, 5.41) is 9.99. The molecular formula is C15H20BClO3S. The summed E-state index contributed by atoms with van der Waals surface area (Å²) in [5.74, 6) is 0.529. The molecule has 1 N–H and O–H groups in total. The van der Waals surface area contributed by atoms with Crippen molar-refractivity contribution in [3.63, 3.8) is 0 Å². The van der Waals surface area contributed by atoms with E-state index in [-0.39, 0.29) is 5.75 Å². The second-order valence-corrected chi connectivity index (χ2v) is 6.84. The Hall–Kier alpha value is -0.615. The predicted octanol–water partition coefficient (Wildman–Crippen LogP) is 3.99. The molecule has 0 saturated carbocycles. The molecule has 0 unspecified atom stereocenters. The van der Waals surface area contributed by atoms with E-state index in [1.54, 1.807) is 12.1 Å². The van der Waals surface area contributed by atoms with Crippen LogP contribution in [0.3, 0.4) is 0 Å². The topological polar surface area (TPSA) is 38.7 Å². The third-order valence-corrected chi connectivity index (χ3v) is 4.86. The molecule has 1 aromatic carbocycles. The van der Waals surface area contributed by atoms with E-state index in [9.17, 15) is 5.11 Å². The highest BCUT2D eigenvalue weighted by molar-refractivity contribution is 7.80. The van der Waals surface area contributed by atoms with Gasteiger partial charge in [0.05, 0.1) is 16.2 Å². The largest absolute Gasteiger partial charge is 0.506 e. The van der Waals surface area contributed by atoms with Crippen LogP contribution in [0.5, 0.6) is 5.75 Å². The minimum Gasteiger partial charge on any atom is -0.506 e. The molecule has 6 heteroatoms. The van der Waals surface area contributed by atoms with E-state index in [0.717, 1.165) is 11.0 Å². The second-order valence-electron chi connectivity index (χ2n) is 6.15. The highest BCUT2D eigenvalue weighted by atomic mass is 35.5. The van der Waals surface area contributed by atoms with Crippen molar-refractivity contribution in [3.8, 4) is 5.75 Å². The molecule has 114 valence electrons. The van der Waals surface area contributed by atoms with Gasteiger partial charge >= 0.3 is 7.12 Å². The van der Waals surface area contributed by atoms with E-state index >= 15 is 0 Å². The molecule has 3 nitrogen and oxygen atoms in total. The summed E-state index contributed by atoms with van der Waals surface area (Å²) < 4.78 is 12.0. The van der Waals surface area contributed by atoms with Crippen LogP contribution >= 0.6 is 24.2 Å². The van der Waals surface area contributed by atoms with E-state index in [0.29, 0.717) is 10.8 Å². The average molecular weight is 327 g/mol. The van der Waals surface area contributed by atoms with Crippen LogP contribution in [0.4, 0.5) is 0 Å². The molecule has 1 heterocycles. The smallest absolute Gasteiger partial charge is 0.491 e. The molecule has 0 atom stereocenters. The number of benzene rings is 1. The third-order valence-electron chi connectivity index (χ3n) is 4.09. The summed E-state index contributed by atoms with van der Waals surface area (Å²) in [5.41, 5.74) is 0.782. The van der Waals surface area contributed by atoms with E-state index in [2.05, 4.69) is 12.6 Å². The molecular weight excluding hydrogens is 306 g/mol. The van der Waals surface area contributed by atoms with Crippen LogP contribution in [0.15, 0.2) is 23.7 Å². The lowest BCUT2D eigenvalue weighted by Gasteiger charge is -2.32. The second kappa shape index (κ2) is 5.88. The molecule has 0 spiro atoms. The molecule has 1 aromatic rings. The summed E-state index contributed by atoms with van der Waals surface area (Å²) in [7, 11) is -0.467. The number of rotatable bonds is 3. The Balaban J connectivity index is 2.33. The first-order valence-corrected chi connectivity index (χ1v) is 7.83. The first kappa shape index (κ1) is 16.8. The third kappa shape index (κ3) is 3.26. The van der Waals surface area contributed by atoms with Gasteiger partial charge in [0.25, 0.3) is 0 Å². The number of phenolic OH excluding ortho intramolecular Hbond substituents is 1. The fraction of sp³-hybridized carbons (Fsp3) is 0.467. The van der Waals surface area contributed by atoms with Gasteiger partial charge in [0, 0.05) is 5.75 Å². The zero-order chi connectivity index (χ0) is 15.8. The Kier molecular flexibility index (Phi) is 4.69. The SMILES string of the molecule is CC1(C)OB(C(=Cc2cccc(O)c2Cl)CS)OC1(C)C. The molecule has 0 aliphatic carbocycles. The molecule has 1 fully saturated rings. The summed E-state index contributed by atoms with van der Waals surface area (Å²) in [6.07, 6.45) is 1.86. The van der Waals surface area contributed by atoms with Gasteiger partial charge < -0.3 is 14.4 Å². The first-order valence-electron chi connectivity index (χ1n) is 6.82. The van der Waals surface area contributed by atoms with Crippen molar-refractivity contribution < 1.29 is 14.4 Å². The Morgan fingerprint density at radius 1 is 1.29 bits per heavy atom. The monoisotopic (exact) mass is 326 g/mol. The summed E-state index contributed by atoms with van der Waals surface area (Å²) in [4.78, 5) is 0. The van der Waals surface area contributed by atoms with Gasteiger partial charge in [-0.05, 0) is 44.8 Å². The van der Waals surface area contributed by atoms with E-state index in [1.165, 1.54) is 0 Å². The summed E-state index contributed by atoms with van der Waals surface area (Å²) in [6.45, 7) is 8.02. The Labute approximate surface area is 136 Å². The maximum atomic E-state index is 9.67. The first-order chi connectivity index (χ1) is 9.68. The van der Waals surface area contributed by atoms with Gasteiger partial charge in [0.15, 0.2) is 0 Å². The lowest BCUT2D eigenvalue weighted by atomic mass is 9.78. The lowest BCUT2D eigenvalue weighted by Crippen LogP contribution is -2.41. The van der Waals surface area contributed by atoms with Crippen LogP contribution in [0.1, 0.15) is 33.3 Å². The van der Waals surface area contributed by atoms with Crippen LogP contribution in [-0.4, -0.2) is 29.2 Å². The number of aromatic hydroxyl groups is 1. The van der Waals surface area contributed by atoms with Crippen molar-refractivity contribution in [2.45, 2.75) is 38.9 Å². The molecule has 0 aromatic heterocycles. The Morgan fingerprint density at radius 2 is 1.86 bits per heavy atom. The van der Waals surface area contributed by atoms with Crippen LogP contribution in [-0.2, 0) is 9.31 Å². The standard InChI is InChI=1S/C15H20BClO3S/c1-14(2)15(3,4)20-16(19-14)11(9-21)8-10-6-5-7-12(18)13(10)17/h5-8,18,21H,9H2,1-4H3. The zero-order valence-corrected chi connectivity index (χ0v) is 14.3. The van der Waals surface area contributed by atoms with Gasteiger partial charge in [0.2, 0.25) is 0 Å². The molecule has 21 heavy (non-hydrogen) atoms. The van der Waals surface area contributed by atoms with E-state index in [4.69, 9.17) is 20.9 Å². The van der Waals surface area contributed by atoms with Crippen LogP contribution in [0, 0.1) is 0 Å². The Bertz CT molecular complexity index is 556. The van der Waals surface area contributed by atoms with Gasteiger partial charge in [-0.3, -0.25) is 0 Å². The predicted molar refractivity (Wildman–Crippen MR) is 91.0 cm³/mol. The fourth-order valence-corrected chi connectivity index (χ4v) is 2.45. The molecule has 1 aliphatic heterocycles. The van der Waals surface area contributed by atoms with Crippen molar-refractivity contribution in [1.29, 1.82) is 0 Å². The van der Waals surface area contributed by atoms with Crippen molar-refractivity contribution in [1.82, 2.24) is 0 Å². The summed E-state index contributed by atoms with van der Waals surface area (Å²) in [6, 6.07) is 5.12. The molecule has 0 radical (unpaired) electrons. The highest BCUT2D eigenvalue weighted by Gasteiger charge is 2.52. The minimum atomic E-state index is -0.467. The number of thiol groups is 1. The van der Waals surface area contributed by atoms with Gasteiger partial charge in [-0.15, -0.1) is 0 Å². The lowest BCUT2D eigenvalue weighted by molar-refractivity contribution is 0.00578. The minimum absolute atomic E-state index is 0.0536. The maximum Gasteiger partial charge on any atom is 0.491 e. The van der Waals surface area contributed by atoms with Crippen LogP contribution < -0.4 is 0 Å². The van der Waals surface area contributed by atoms with Gasteiger partial charge in [-0.1, -0.05) is 29.8 Å². The molecule has 0 amide bonds. The van der Waals surface area contributed by atoms with Gasteiger partial charge in [-0.2, -0.15) is 12.6 Å². The number of hydrogen-bond donors (Lipinski definition) is 2. The van der Waals surface area contributed by atoms with Crippen molar-refractivity contribution in [2.24, 2.45) is 0 Å². The van der Waals surface area contributed by atoms with Crippen molar-refractivity contribution in [3.05, 3.63) is 34.3 Å². The maximum absolute atomic E-state index is 9.67. The number of hydrogen-bond acceptors (Lipinski definition) is 4. The normalized spacial score (nSPS) is 20.9. The average Bonchev–Trinajstić information content (AvgIpc) is 2.60. The highest BCUT2D eigenvalue weighted by Crippen LogP contribution is 2.39. The quantitative estimate of drug-likeness (QED) is 0.651. The molecule has 1 saturated heterocycles. The van der Waals surface area contributed by atoms with Crippen molar-refractivity contribution >= 4 is 37.4 Å². The molecule has 0 bridgehead atoms. The van der Waals surface area contributed by atoms with Gasteiger partial charge in [-0.25, -0.2) is 0 Å². The van der Waals surface area contributed by atoms with E-state index in [1.807, 2.05) is 39.8 Å². The van der Waals surface area contributed by atoms with Gasteiger partial charge in [0.1, 0.15) is 5.75 Å². The van der Waals surface area contributed by atoms with Crippen molar-refractivity contribution in [2.75, 3.05) is 5.75 Å². The number of phenols is 1.